The van der Waals surface area contributed by atoms with Crippen LogP contribution in [0.4, 0.5) is 0 Å². The minimum absolute atomic E-state index is 0.0120. The lowest BCUT2D eigenvalue weighted by Crippen LogP contribution is -2.14. The number of carboxylic acids is 1. The highest BCUT2D eigenvalue weighted by Gasteiger charge is 2.21. The Labute approximate surface area is 105 Å². The Bertz CT molecular complexity index is 439. The van der Waals surface area contributed by atoms with Crippen molar-refractivity contribution in [2.45, 2.75) is 26.7 Å². The number of benzene rings is 1. The third-order valence-electron chi connectivity index (χ3n) is 2.39. The summed E-state index contributed by atoms with van der Waals surface area (Å²) in [4.78, 5) is 32.1. The lowest BCUT2D eigenvalue weighted by Gasteiger charge is -2.09. The van der Waals surface area contributed by atoms with Crippen molar-refractivity contribution in [2.24, 2.45) is 0 Å². The van der Waals surface area contributed by atoms with Crippen LogP contribution < -0.4 is 0 Å². The molecule has 0 atom stereocenters. The molecule has 0 saturated carbocycles. The van der Waals surface area contributed by atoms with Crippen LogP contribution in [-0.4, -0.2) is 23.7 Å². The summed E-state index contributed by atoms with van der Waals surface area (Å²) in [6.07, 6.45) is 1.23. The first-order valence-corrected chi connectivity index (χ1v) is 5.80. The lowest BCUT2D eigenvalue weighted by atomic mass is 9.99. The first-order chi connectivity index (χ1) is 8.61. The fourth-order valence-corrected chi connectivity index (χ4v) is 1.54. The maximum Gasteiger partial charge on any atom is 0.373 e. The van der Waals surface area contributed by atoms with E-state index in [1.165, 1.54) is 6.07 Å². The predicted octanol–water partition coefficient (Wildman–Crippen LogP) is 2.45. The summed E-state index contributed by atoms with van der Waals surface area (Å²) in [5.41, 5.74) is 0.579. The molecule has 0 fully saturated rings. The van der Waals surface area contributed by atoms with E-state index >= 15 is 0 Å². The van der Waals surface area contributed by atoms with E-state index in [4.69, 9.17) is 5.11 Å². The zero-order valence-electron chi connectivity index (χ0n) is 10.4. The molecular weight excluding hydrogens is 236 g/mol. The van der Waals surface area contributed by atoms with Crippen molar-refractivity contribution in [3.05, 3.63) is 34.9 Å². The smallest absolute Gasteiger partial charge is 0.373 e. The Morgan fingerprint density at radius 3 is 2.56 bits per heavy atom. The summed E-state index contributed by atoms with van der Waals surface area (Å²) in [5, 5.41) is 9.15. The molecule has 0 radical (unpaired) electrons. The van der Waals surface area contributed by atoms with Gasteiger partial charge in [0.2, 0.25) is 0 Å². The van der Waals surface area contributed by atoms with Crippen LogP contribution in [0, 0.1) is 0 Å². The Hall–Kier alpha value is -1.88. The first-order valence-electron chi connectivity index (χ1n) is 5.80. The molecule has 0 unspecified atom stereocenters. The number of hydrogen-bond donors (Lipinski definition) is 1. The van der Waals surface area contributed by atoms with Gasteiger partial charge in [0, 0.05) is 0 Å². The second-order valence-electron chi connectivity index (χ2n) is 3.69. The molecule has 0 aromatic heterocycles. The second kappa shape index (κ2) is 6.76. The molecule has 5 nitrogen and oxygen atoms in total. The van der Waals surface area contributed by atoms with Crippen LogP contribution in [-0.2, 0) is 16.2 Å². The van der Waals surface area contributed by atoms with Gasteiger partial charge in [-0.15, -0.1) is 0 Å². The molecule has 1 N–H and O–H groups in total. The van der Waals surface area contributed by atoms with Crippen LogP contribution >= 0.6 is 0 Å². The molecule has 0 aliphatic rings. The summed E-state index contributed by atoms with van der Waals surface area (Å²) in [7, 11) is 0. The van der Waals surface area contributed by atoms with Gasteiger partial charge in [0.25, 0.3) is 0 Å². The quantitative estimate of drug-likeness (QED) is 0.478. The van der Waals surface area contributed by atoms with Crippen LogP contribution in [0.3, 0.4) is 0 Å². The highest BCUT2D eigenvalue weighted by Crippen LogP contribution is 2.17. The zero-order chi connectivity index (χ0) is 13.5. The highest BCUT2D eigenvalue weighted by molar-refractivity contribution is 6.03. The number of carboxylic acid groups (broad SMARTS) is 1. The molecule has 0 amide bonds. The summed E-state index contributed by atoms with van der Waals surface area (Å²) in [5.74, 6) is -1.92. The van der Waals surface area contributed by atoms with Gasteiger partial charge in [-0.25, -0.2) is 9.59 Å². The van der Waals surface area contributed by atoms with E-state index in [9.17, 15) is 9.59 Å². The number of rotatable bonds is 6. The van der Waals surface area contributed by atoms with E-state index in [2.05, 4.69) is 9.78 Å². The Morgan fingerprint density at radius 2 is 2.00 bits per heavy atom. The minimum Gasteiger partial charge on any atom is -0.478 e. The van der Waals surface area contributed by atoms with Crippen molar-refractivity contribution in [1.82, 2.24) is 0 Å². The molecule has 18 heavy (non-hydrogen) atoms. The molecule has 0 spiro atoms. The number of carbonyl (C=O) groups is 2. The Balaban J connectivity index is 3.00. The largest absolute Gasteiger partial charge is 0.478 e. The Morgan fingerprint density at radius 1 is 1.28 bits per heavy atom. The highest BCUT2D eigenvalue weighted by atomic mass is 17.2. The summed E-state index contributed by atoms with van der Waals surface area (Å²) < 4.78 is 0. The van der Waals surface area contributed by atoms with Gasteiger partial charge in [0.05, 0.1) is 17.7 Å². The second-order valence-corrected chi connectivity index (χ2v) is 3.69. The molecule has 98 valence electrons. The van der Waals surface area contributed by atoms with Crippen LogP contribution in [0.5, 0.6) is 0 Å². The van der Waals surface area contributed by atoms with Gasteiger partial charge in [-0.3, -0.25) is 4.89 Å². The van der Waals surface area contributed by atoms with E-state index in [0.717, 1.165) is 0 Å². The SMILES string of the molecule is CCCOOC(=O)c1cccc(CC)c1C(=O)O. The van der Waals surface area contributed by atoms with Gasteiger partial charge in [0.15, 0.2) is 0 Å². The number of hydrogen-bond acceptors (Lipinski definition) is 4. The van der Waals surface area contributed by atoms with E-state index in [0.29, 0.717) is 18.4 Å². The number of carbonyl (C=O) groups excluding carboxylic acids is 1. The van der Waals surface area contributed by atoms with Gasteiger partial charge in [0.1, 0.15) is 0 Å². The van der Waals surface area contributed by atoms with E-state index < -0.39 is 11.9 Å². The Kier molecular flexibility index (Phi) is 5.32. The first kappa shape index (κ1) is 14.2. The van der Waals surface area contributed by atoms with Crippen molar-refractivity contribution in [3.63, 3.8) is 0 Å². The van der Waals surface area contributed by atoms with Crippen molar-refractivity contribution in [2.75, 3.05) is 6.61 Å². The average Bonchev–Trinajstić information content (AvgIpc) is 2.37. The van der Waals surface area contributed by atoms with Crippen molar-refractivity contribution in [1.29, 1.82) is 0 Å². The van der Waals surface area contributed by atoms with Gasteiger partial charge in [-0.1, -0.05) is 26.0 Å². The summed E-state index contributed by atoms with van der Waals surface area (Å²) in [6.45, 7) is 3.97. The maximum atomic E-state index is 11.7. The normalized spacial score (nSPS) is 10.1. The lowest BCUT2D eigenvalue weighted by molar-refractivity contribution is -0.240. The third kappa shape index (κ3) is 3.30. The molecule has 1 rings (SSSR count). The van der Waals surface area contributed by atoms with E-state index in [1.807, 2.05) is 13.8 Å². The van der Waals surface area contributed by atoms with Gasteiger partial charge >= 0.3 is 11.9 Å². The van der Waals surface area contributed by atoms with Crippen molar-refractivity contribution in [3.8, 4) is 0 Å². The molecule has 0 aliphatic heterocycles. The molecular formula is C13H16O5. The summed E-state index contributed by atoms with van der Waals surface area (Å²) in [6, 6.07) is 4.72. The van der Waals surface area contributed by atoms with Crippen molar-refractivity contribution >= 4 is 11.9 Å². The van der Waals surface area contributed by atoms with Gasteiger partial charge < -0.3 is 5.11 Å². The third-order valence-corrected chi connectivity index (χ3v) is 2.39. The maximum absolute atomic E-state index is 11.7. The average molecular weight is 252 g/mol. The number of aromatic carboxylic acids is 1. The molecule has 0 heterocycles. The molecule has 5 heteroatoms. The number of aryl methyl sites for hydroxylation is 1. The standard InChI is InChI=1S/C13H16O5/c1-3-8-17-18-13(16)10-7-5-6-9(4-2)11(10)12(14)15/h5-7H,3-4,8H2,1-2H3,(H,14,15). The fraction of sp³-hybridized carbons (Fsp3) is 0.385. The fourth-order valence-electron chi connectivity index (χ4n) is 1.54. The van der Waals surface area contributed by atoms with Crippen LogP contribution in [0.1, 0.15) is 46.5 Å². The molecule has 0 aliphatic carbocycles. The van der Waals surface area contributed by atoms with E-state index in [-0.39, 0.29) is 17.7 Å². The molecule has 1 aromatic carbocycles. The van der Waals surface area contributed by atoms with Crippen LogP contribution in [0.2, 0.25) is 0 Å². The molecule has 0 saturated heterocycles. The van der Waals surface area contributed by atoms with E-state index in [1.54, 1.807) is 12.1 Å². The molecule has 1 aromatic rings. The van der Waals surface area contributed by atoms with Gasteiger partial charge in [-0.2, -0.15) is 4.89 Å². The summed E-state index contributed by atoms with van der Waals surface area (Å²) >= 11 is 0. The zero-order valence-corrected chi connectivity index (χ0v) is 10.4. The van der Waals surface area contributed by atoms with Crippen LogP contribution in [0.15, 0.2) is 18.2 Å². The predicted molar refractivity (Wildman–Crippen MR) is 64.4 cm³/mol. The monoisotopic (exact) mass is 252 g/mol. The minimum atomic E-state index is -1.14. The van der Waals surface area contributed by atoms with Gasteiger partial charge in [-0.05, 0) is 24.5 Å². The molecule has 0 bridgehead atoms. The topological polar surface area (TPSA) is 72.8 Å². The van der Waals surface area contributed by atoms with Crippen LogP contribution in [0.25, 0.3) is 0 Å². The van der Waals surface area contributed by atoms with Crippen molar-refractivity contribution < 1.29 is 24.5 Å².